The molecule has 0 spiro atoms. The van der Waals surface area contributed by atoms with Gasteiger partial charge >= 0.3 is 5.97 Å². The van der Waals surface area contributed by atoms with Crippen LogP contribution in [0.4, 0.5) is 5.69 Å². The smallest absolute Gasteiger partial charge is 0.343 e. The second-order valence-corrected chi connectivity index (χ2v) is 3.96. The third-order valence-corrected chi connectivity index (χ3v) is 2.58. The van der Waals surface area contributed by atoms with Crippen molar-refractivity contribution in [2.24, 2.45) is 0 Å². The van der Waals surface area contributed by atoms with Gasteiger partial charge < -0.3 is 4.74 Å². The molecule has 0 bridgehead atoms. The van der Waals surface area contributed by atoms with Crippen molar-refractivity contribution in [2.75, 3.05) is 0 Å². The largest absolute Gasteiger partial charge is 0.423 e. The Morgan fingerprint density at radius 2 is 1.84 bits per heavy atom. The van der Waals surface area contributed by atoms with E-state index in [0.29, 0.717) is 11.1 Å². The van der Waals surface area contributed by atoms with Crippen molar-refractivity contribution >= 4 is 11.7 Å². The number of nitro groups is 1. The molecule has 0 aliphatic carbocycles. The van der Waals surface area contributed by atoms with Crippen LogP contribution in [0.15, 0.2) is 48.5 Å². The molecule has 0 unspecified atom stereocenters. The molecule has 0 aliphatic heterocycles. The van der Waals surface area contributed by atoms with Gasteiger partial charge in [-0.15, -0.1) is 0 Å². The van der Waals surface area contributed by atoms with Crippen LogP contribution in [0, 0.1) is 17.0 Å². The molecule has 2 aromatic carbocycles. The summed E-state index contributed by atoms with van der Waals surface area (Å²) in [6.45, 7) is 1.60. The molecule has 5 nitrogen and oxygen atoms in total. The molecule has 2 rings (SSSR count). The van der Waals surface area contributed by atoms with Crippen molar-refractivity contribution in [1.82, 2.24) is 0 Å². The van der Waals surface area contributed by atoms with Crippen LogP contribution in [-0.4, -0.2) is 10.9 Å². The molecular formula is C14H11NO4. The minimum Gasteiger partial charge on any atom is -0.423 e. The number of nitrogens with zero attached hydrogens (tertiary/aromatic N) is 1. The summed E-state index contributed by atoms with van der Waals surface area (Å²) in [4.78, 5) is 22.0. The Morgan fingerprint density at radius 1 is 1.16 bits per heavy atom. The Hall–Kier alpha value is -2.69. The topological polar surface area (TPSA) is 69.4 Å². The van der Waals surface area contributed by atoms with E-state index >= 15 is 0 Å². The zero-order valence-electron chi connectivity index (χ0n) is 10.2. The van der Waals surface area contributed by atoms with Crippen LogP contribution in [0.1, 0.15) is 15.9 Å². The minimum atomic E-state index is -0.492. The van der Waals surface area contributed by atoms with E-state index in [4.69, 9.17) is 4.74 Å². The van der Waals surface area contributed by atoms with Gasteiger partial charge in [-0.05, 0) is 31.2 Å². The predicted molar refractivity (Wildman–Crippen MR) is 69.2 cm³/mol. The molecular weight excluding hydrogens is 246 g/mol. The van der Waals surface area contributed by atoms with Crippen LogP contribution in [0.5, 0.6) is 5.75 Å². The zero-order chi connectivity index (χ0) is 13.8. The molecule has 5 heteroatoms. The lowest BCUT2D eigenvalue weighted by atomic mass is 10.2. The van der Waals surface area contributed by atoms with Crippen LogP contribution >= 0.6 is 0 Å². The average molecular weight is 257 g/mol. The summed E-state index contributed by atoms with van der Waals surface area (Å²) in [7, 11) is 0. The molecule has 0 fully saturated rings. The van der Waals surface area contributed by atoms with Gasteiger partial charge in [0.1, 0.15) is 5.75 Å². The van der Waals surface area contributed by atoms with Crippen LogP contribution in [-0.2, 0) is 0 Å². The highest BCUT2D eigenvalue weighted by molar-refractivity contribution is 5.91. The number of carbonyl (C=O) groups excluding carboxylic acids is 1. The number of rotatable bonds is 3. The molecule has 0 aliphatic rings. The maximum absolute atomic E-state index is 11.8. The second kappa shape index (κ2) is 5.30. The predicted octanol–water partition coefficient (Wildman–Crippen LogP) is 3.12. The second-order valence-electron chi connectivity index (χ2n) is 3.96. The zero-order valence-corrected chi connectivity index (χ0v) is 10.2. The van der Waals surface area contributed by atoms with E-state index in [9.17, 15) is 14.9 Å². The molecule has 2 aromatic rings. The van der Waals surface area contributed by atoms with E-state index in [0.717, 1.165) is 0 Å². The molecule has 0 amide bonds. The molecule has 96 valence electrons. The molecule has 0 saturated carbocycles. The number of nitro benzene ring substituents is 1. The Bertz CT molecular complexity index is 623. The van der Waals surface area contributed by atoms with Gasteiger partial charge in [0.2, 0.25) is 0 Å². The van der Waals surface area contributed by atoms with Crippen LogP contribution in [0.25, 0.3) is 0 Å². The average Bonchev–Trinajstić information content (AvgIpc) is 2.39. The summed E-state index contributed by atoms with van der Waals surface area (Å²) in [6.07, 6.45) is 0. The fourth-order valence-electron chi connectivity index (χ4n) is 1.64. The van der Waals surface area contributed by atoms with Crippen molar-refractivity contribution in [1.29, 1.82) is 0 Å². The fourth-order valence-corrected chi connectivity index (χ4v) is 1.64. The van der Waals surface area contributed by atoms with E-state index in [1.54, 1.807) is 37.3 Å². The summed E-state index contributed by atoms with van der Waals surface area (Å²) in [5.41, 5.74) is 0.876. The lowest BCUT2D eigenvalue weighted by Gasteiger charge is -2.05. The first-order valence-electron chi connectivity index (χ1n) is 5.60. The maximum atomic E-state index is 11.8. The SMILES string of the molecule is Cc1cc(OC(=O)c2ccccc2)ccc1[N+](=O)[O-]. The third-order valence-electron chi connectivity index (χ3n) is 2.58. The highest BCUT2D eigenvalue weighted by Crippen LogP contribution is 2.23. The van der Waals surface area contributed by atoms with Gasteiger partial charge in [0, 0.05) is 11.6 Å². The first-order chi connectivity index (χ1) is 9.08. The normalized spacial score (nSPS) is 9.95. The monoisotopic (exact) mass is 257 g/mol. The summed E-state index contributed by atoms with van der Waals surface area (Å²) in [6, 6.07) is 12.7. The standard InChI is InChI=1S/C14H11NO4/c1-10-9-12(7-8-13(10)15(17)18)19-14(16)11-5-3-2-4-6-11/h2-9H,1H3. The molecule has 0 aromatic heterocycles. The van der Waals surface area contributed by atoms with Gasteiger partial charge in [0.15, 0.2) is 0 Å². The molecule has 19 heavy (non-hydrogen) atoms. The first kappa shape index (κ1) is 12.8. The molecule has 0 atom stereocenters. The summed E-state index contributed by atoms with van der Waals surface area (Å²) in [5.74, 6) is -0.203. The lowest BCUT2D eigenvalue weighted by molar-refractivity contribution is -0.385. The van der Waals surface area contributed by atoms with Crippen molar-refractivity contribution in [3.8, 4) is 5.75 Å². The summed E-state index contributed by atoms with van der Waals surface area (Å²) < 4.78 is 5.15. The summed E-state index contributed by atoms with van der Waals surface area (Å²) in [5, 5.41) is 10.7. The van der Waals surface area contributed by atoms with Gasteiger partial charge in [-0.2, -0.15) is 0 Å². The van der Waals surface area contributed by atoms with Crippen molar-refractivity contribution in [3.63, 3.8) is 0 Å². The minimum absolute atomic E-state index is 0.000454. The third kappa shape index (κ3) is 2.95. The fraction of sp³-hybridized carbons (Fsp3) is 0.0714. The highest BCUT2D eigenvalue weighted by Gasteiger charge is 2.13. The Morgan fingerprint density at radius 3 is 2.42 bits per heavy atom. The van der Waals surface area contributed by atoms with Crippen LogP contribution in [0.2, 0.25) is 0 Å². The van der Waals surface area contributed by atoms with Crippen molar-refractivity contribution in [2.45, 2.75) is 6.92 Å². The Labute approximate surface area is 109 Å². The maximum Gasteiger partial charge on any atom is 0.343 e. The van der Waals surface area contributed by atoms with Gasteiger partial charge in [-0.3, -0.25) is 10.1 Å². The van der Waals surface area contributed by atoms with Gasteiger partial charge in [0.05, 0.1) is 10.5 Å². The van der Waals surface area contributed by atoms with Crippen molar-refractivity contribution < 1.29 is 14.5 Å². The molecule has 0 saturated heterocycles. The number of hydrogen-bond acceptors (Lipinski definition) is 4. The number of carbonyl (C=O) groups is 1. The van der Waals surface area contributed by atoms with E-state index in [1.807, 2.05) is 0 Å². The van der Waals surface area contributed by atoms with E-state index < -0.39 is 10.9 Å². The summed E-state index contributed by atoms with van der Waals surface area (Å²) >= 11 is 0. The highest BCUT2D eigenvalue weighted by atomic mass is 16.6. The molecule has 0 heterocycles. The number of esters is 1. The van der Waals surface area contributed by atoms with E-state index in [1.165, 1.54) is 18.2 Å². The quantitative estimate of drug-likeness (QED) is 0.366. The Kier molecular flexibility index (Phi) is 3.56. The van der Waals surface area contributed by atoms with Crippen LogP contribution in [0.3, 0.4) is 0 Å². The van der Waals surface area contributed by atoms with E-state index in [2.05, 4.69) is 0 Å². The molecule has 0 N–H and O–H groups in total. The number of ether oxygens (including phenoxy) is 1. The van der Waals surface area contributed by atoms with Gasteiger partial charge in [-0.25, -0.2) is 4.79 Å². The Balaban J connectivity index is 2.19. The number of benzene rings is 2. The van der Waals surface area contributed by atoms with Crippen LogP contribution < -0.4 is 4.74 Å². The van der Waals surface area contributed by atoms with Gasteiger partial charge in [-0.1, -0.05) is 18.2 Å². The lowest BCUT2D eigenvalue weighted by Crippen LogP contribution is -2.08. The molecule has 0 radical (unpaired) electrons. The number of aryl methyl sites for hydroxylation is 1. The van der Waals surface area contributed by atoms with Crippen molar-refractivity contribution in [3.05, 3.63) is 69.8 Å². The van der Waals surface area contributed by atoms with E-state index in [-0.39, 0.29) is 11.4 Å². The first-order valence-corrected chi connectivity index (χ1v) is 5.60. The number of hydrogen-bond donors (Lipinski definition) is 0. The van der Waals surface area contributed by atoms with Gasteiger partial charge in [0.25, 0.3) is 5.69 Å².